The summed E-state index contributed by atoms with van der Waals surface area (Å²) in [6.45, 7) is 3.68. The second-order valence-electron chi connectivity index (χ2n) is 23.3. The van der Waals surface area contributed by atoms with Gasteiger partial charge in [-0.1, -0.05) is 42.0 Å². The number of nitrogens with two attached hydrogens (primary N) is 2. The van der Waals surface area contributed by atoms with E-state index in [9.17, 15) is 48.3 Å². The highest BCUT2D eigenvalue weighted by molar-refractivity contribution is 8.00. The van der Waals surface area contributed by atoms with Gasteiger partial charge in [0.15, 0.2) is 5.96 Å². The first-order chi connectivity index (χ1) is 45.2. The number of nitrogens with zero attached hydrogens (tertiary/aromatic N) is 3. The third-order valence-electron chi connectivity index (χ3n) is 15.9. The molecule has 0 aliphatic carbocycles. The fraction of sp³-hybridized carbons (Fsp3) is 0.557. The molecule has 3 aliphatic rings. The lowest BCUT2D eigenvalue weighted by atomic mass is 10.0. The molecule has 3 aliphatic heterocycles. The standard InChI is InChI=1S/C61H88N18O14S/c1-35-54(84)68-36(2)55(85)71-43(53(62)83)12-7-8-22-79-32-39(77-78-79)30-47(70-51(82)33-93-27-26-92-25-24-91-23-21-65-50(81)15-6-5-14-49-52-48(34-94-49)75-61(90)76-52)59(89)74-46(29-38-31-67-42-11-4-3-10-41(38)42)58(88)73-45(28-37-16-18-40(80)19-17-37)57(87)72-44(56(86)69-35)13-9-20-66-60(63)64/h3-4,10-11,16-19,31-32,35-36,43-49,52,67,80H,5-9,12-15,20-30,33-34H2,1-2H3,(H2,62,83)(H,65,81)(H,68,84)(H,69,86)(H,70,82)(H,71,85)(H,72,87)(H,73,88)(H,74,89)(H4,63,64,66)(H2,75,76,90)/t35-,36-,43+,44-,45-,46-,47+,48-,49?,52-/m1/s1. The van der Waals surface area contributed by atoms with Crippen LogP contribution in [0.2, 0.25) is 0 Å². The molecule has 512 valence electrons. The Morgan fingerprint density at radius 2 is 1.37 bits per heavy atom. The molecule has 2 aromatic heterocycles. The number of H-pyrrole nitrogens is 1. The molecule has 32 nitrogen and oxygen atoms in total. The molecular weight excluding hydrogens is 1240 g/mol. The van der Waals surface area contributed by atoms with E-state index in [1.165, 1.54) is 42.8 Å². The zero-order valence-corrected chi connectivity index (χ0v) is 53.6. The van der Waals surface area contributed by atoms with E-state index in [1.54, 1.807) is 18.5 Å². The number of aromatic nitrogens is 4. The maximum Gasteiger partial charge on any atom is 0.315 e. The summed E-state index contributed by atoms with van der Waals surface area (Å²) in [5.41, 5.74) is 13.2. The van der Waals surface area contributed by atoms with Crippen LogP contribution in [0.5, 0.6) is 5.75 Å². The number of para-hydroxylation sites is 1. The van der Waals surface area contributed by atoms with Crippen molar-refractivity contribution in [2.45, 2.75) is 157 Å². The van der Waals surface area contributed by atoms with Crippen molar-refractivity contribution >= 4 is 87.8 Å². The average Bonchev–Trinajstić information content (AvgIpc) is 1.65. The molecule has 2 bridgehead atoms. The van der Waals surface area contributed by atoms with Gasteiger partial charge in [-0.2, -0.15) is 11.8 Å². The molecule has 0 spiro atoms. The number of rotatable bonds is 26. The van der Waals surface area contributed by atoms with Crippen molar-refractivity contribution in [2.24, 2.45) is 11.5 Å². The Morgan fingerprint density at radius 3 is 2.12 bits per heavy atom. The molecule has 4 aromatic rings. The Bertz CT molecular complexity index is 3240. The summed E-state index contributed by atoms with van der Waals surface area (Å²) < 4.78 is 18.3. The van der Waals surface area contributed by atoms with Crippen LogP contribution >= 0.6 is 11.8 Å². The Hall–Kier alpha value is -9.08. The first kappa shape index (κ1) is 72.3. The number of ether oxygens (including phenoxy) is 3. The number of fused-ring (bicyclic) bond motifs is 4. The molecule has 5 heterocycles. The van der Waals surface area contributed by atoms with Gasteiger partial charge in [-0.3, -0.25) is 53.2 Å². The van der Waals surface area contributed by atoms with E-state index >= 15 is 4.79 Å². The van der Waals surface area contributed by atoms with Crippen LogP contribution in [0.15, 0.2) is 60.9 Å². The summed E-state index contributed by atoms with van der Waals surface area (Å²) in [6, 6.07) is 3.94. The van der Waals surface area contributed by atoms with Gasteiger partial charge in [0, 0.05) is 79.6 Å². The number of guanidine groups is 1. The SMILES string of the molecule is C[C@H]1NC(=O)[C@@H](C)NC(=O)[C@@H](CCCNC(=N)N)NC(=O)[C@@H](Cc2ccc(O)cc2)NC(=O)[C@@H](Cc2c[nH]c3ccccc23)NC(=O)[C@@H](NC(=O)COCCOCCOCCNC(=O)CCCCC2SC[C@H]3NC(=O)N[C@@H]23)Cc2cn(nn2)CCCC[C@@H](C(N)=O)NC1=O. The van der Waals surface area contributed by atoms with Crippen LogP contribution in [0.25, 0.3) is 10.9 Å². The van der Waals surface area contributed by atoms with Crippen molar-refractivity contribution in [3.8, 4) is 5.75 Å². The molecule has 2 aromatic carbocycles. The van der Waals surface area contributed by atoms with Crippen LogP contribution < -0.4 is 70.0 Å². The Kier molecular flexibility index (Phi) is 28.5. The molecule has 11 amide bonds. The normalized spacial score (nSPS) is 23.6. The van der Waals surface area contributed by atoms with Gasteiger partial charge < -0.3 is 94.3 Å². The van der Waals surface area contributed by atoms with E-state index in [1.807, 2.05) is 30.0 Å². The van der Waals surface area contributed by atoms with Gasteiger partial charge in [0.2, 0.25) is 53.2 Å². The van der Waals surface area contributed by atoms with Gasteiger partial charge in [0.25, 0.3) is 0 Å². The summed E-state index contributed by atoms with van der Waals surface area (Å²) in [5.74, 6) is -6.06. The van der Waals surface area contributed by atoms with Gasteiger partial charge in [-0.15, -0.1) is 5.10 Å². The number of nitrogens with one attached hydrogen (secondary N) is 13. The van der Waals surface area contributed by atoms with Gasteiger partial charge in [0.05, 0.1) is 50.8 Å². The summed E-state index contributed by atoms with van der Waals surface area (Å²) in [4.78, 5) is 139. The summed E-state index contributed by atoms with van der Waals surface area (Å²) in [5, 5.41) is 57.4. The van der Waals surface area contributed by atoms with Crippen LogP contribution in [0.3, 0.4) is 0 Å². The van der Waals surface area contributed by atoms with Crippen molar-refractivity contribution < 1.29 is 67.3 Å². The van der Waals surface area contributed by atoms with Crippen LogP contribution in [0, 0.1) is 5.41 Å². The molecule has 18 N–H and O–H groups in total. The smallest absolute Gasteiger partial charge is 0.315 e. The fourth-order valence-corrected chi connectivity index (χ4v) is 12.4. The first-order valence-electron chi connectivity index (χ1n) is 31.6. The maximum atomic E-state index is 15.0. The number of primary amides is 1. The predicted octanol–water partition coefficient (Wildman–Crippen LogP) is -2.25. The number of aromatic amines is 1. The van der Waals surface area contributed by atoms with E-state index in [2.05, 4.69) is 73.8 Å². The monoisotopic (exact) mass is 1330 g/mol. The number of unbranched alkanes of at least 4 members (excludes halogenated alkanes) is 1. The summed E-state index contributed by atoms with van der Waals surface area (Å²) in [7, 11) is 0. The van der Waals surface area contributed by atoms with Crippen molar-refractivity contribution in [3.05, 3.63) is 77.7 Å². The number of amides is 11. The first-order valence-corrected chi connectivity index (χ1v) is 32.6. The Morgan fingerprint density at radius 1 is 0.702 bits per heavy atom. The van der Waals surface area contributed by atoms with E-state index in [0.717, 1.165) is 35.9 Å². The number of aromatic hydroxyl groups is 1. The zero-order valence-electron chi connectivity index (χ0n) is 52.8. The highest BCUT2D eigenvalue weighted by Gasteiger charge is 2.43. The van der Waals surface area contributed by atoms with Crippen molar-refractivity contribution in [2.75, 3.05) is 58.5 Å². The summed E-state index contributed by atoms with van der Waals surface area (Å²) in [6.07, 6.45) is 6.54. The number of carbonyl (C=O) groups is 10. The summed E-state index contributed by atoms with van der Waals surface area (Å²) >= 11 is 1.85. The lowest BCUT2D eigenvalue weighted by molar-refractivity contribution is -0.135. The largest absolute Gasteiger partial charge is 0.508 e. The van der Waals surface area contributed by atoms with E-state index in [-0.39, 0.29) is 126 Å². The van der Waals surface area contributed by atoms with Crippen molar-refractivity contribution in [1.82, 2.24) is 78.5 Å². The van der Waals surface area contributed by atoms with Crippen molar-refractivity contribution in [3.63, 3.8) is 0 Å². The number of hydrogen-bond acceptors (Lipinski definition) is 18. The molecule has 2 saturated heterocycles. The highest BCUT2D eigenvalue weighted by Crippen LogP contribution is 2.33. The second-order valence-corrected chi connectivity index (χ2v) is 24.6. The highest BCUT2D eigenvalue weighted by atomic mass is 32.2. The lowest BCUT2D eigenvalue weighted by Gasteiger charge is -2.27. The van der Waals surface area contributed by atoms with Gasteiger partial charge in [0.1, 0.15) is 54.6 Å². The van der Waals surface area contributed by atoms with Gasteiger partial charge in [-0.05, 0) is 88.1 Å². The number of benzene rings is 2. The number of hydrogen-bond donors (Lipinski definition) is 16. The minimum absolute atomic E-state index is 0.0171. The van der Waals surface area contributed by atoms with Crippen LogP contribution in [-0.4, -0.2) is 208 Å². The number of phenols is 1. The molecule has 33 heteroatoms. The Labute approximate surface area is 547 Å². The minimum Gasteiger partial charge on any atom is -0.508 e. The van der Waals surface area contributed by atoms with Gasteiger partial charge in [-0.25, -0.2) is 4.79 Å². The third-order valence-corrected chi connectivity index (χ3v) is 17.4. The topological polar surface area (TPSA) is 473 Å². The van der Waals surface area contributed by atoms with E-state index in [0.29, 0.717) is 42.2 Å². The van der Waals surface area contributed by atoms with Crippen molar-refractivity contribution in [1.29, 1.82) is 5.41 Å². The number of carbonyl (C=O) groups excluding carboxylic acids is 10. The quantitative estimate of drug-likeness (QED) is 0.0137. The lowest BCUT2D eigenvalue weighted by Crippen LogP contribution is -2.60. The third kappa shape index (κ3) is 23.5. The number of urea groups is 1. The second kappa shape index (κ2) is 37.0. The zero-order chi connectivity index (χ0) is 67.5. The van der Waals surface area contributed by atoms with Crippen LogP contribution in [-0.2, 0) is 83.2 Å². The molecule has 7 rings (SSSR count). The molecule has 1 unspecified atom stereocenters. The number of aryl methyl sites for hydroxylation is 1. The molecule has 0 saturated carbocycles. The number of phenolic OH excluding ortho intramolecular Hbond substituents is 1. The van der Waals surface area contributed by atoms with Crippen LogP contribution in [0.1, 0.15) is 88.5 Å². The fourth-order valence-electron chi connectivity index (χ4n) is 10.8. The van der Waals surface area contributed by atoms with E-state index in [4.69, 9.17) is 31.1 Å². The molecule has 0 radical (unpaired) electrons. The number of thioether (sulfide) groups is 1. The minimum atomic E-state index is -1.48. The van der Waals surface area contributed by atoms with E-state index < -0.39 is 96.2 Å². The molecule has 2 fully saturated rings. The Balaban J connectivity index is 1.03. The molecular formula is C61H88N18O14S. The average molecular weight is 1330 g/mol. The maximum absolute atomic E-state index is 15.0. The predicted molar refractivity (Wildman–Crippen MR) is 344 cm³/mol. The van der Waals surface area contributed by atoms with Gasteiger partial charge >= 0.3 is 6.03 Å². The molecule has 10 atom stereocenters. The molecule has 94 heavy (non-hydrogen) atoms. The van der Waals surface area contributed by atoms with Crippen LogP contribution in [0.4, 0.5) is 4.79 Å².